The highest BCUT2D eigenvalue weighted by atomic mass is 32.1. The van der Waals surface area contributed by atoms with Crippen LogP contribution < -0.4 is 0 Å². The Hall–Kier alpha value is -1.23. The van der Waals surface area contributed by atoms with Gasteiger partial charge in [-0.3, -0.25) is 9.78 Å². The van der Waals surface area contributed by atoms with E-state index in [-0.39, 0.29) is 12.2 Å². The lowest BCUT2D eigenvalue weighted by molar-refractivity contribution is -0.136. The third-order valence-electron chi connectivity index (χ3n) is 1.93. The summed E-state index contributed by atoms with van der Waals surface area (Å²) in [6.45, 7) is 1.66. The fourth-order valence-corrected chi connectivity index (χ4v) is 1.53. The van der Waals surface area contributed by atoms with Gasteiger partial charge in [-0.05, 0) is 12.5 Å². The van der Waals surface area contributed by atoms with Crippen molar-refractivity contribution in [2.75, 3.05) is 0 Å². The number of hydrogen-bond acceptors (Lipinski definition) is 4. The summed E-state index contributed by atoms with van der Waals surface area (Å²) in [5, 5.41) is 18.2. The monoisotopic (exact) mass is 213 g/mol. The Morgan fingerprint density at radius 2 is 2.29 bits per heavy atom. The van der Waals surface area contributed by atoms with Gasteiger partial charge < -0.3 is 10.2 Å². The second-order valence-electron chi connectivity index (χ2n) is 2.92. The molecule has 0 amide bonds. The molecule has 1 rings (SSSR count). The maximum absolute atomic E-state index is 10.5. The standard InChI is InChI=1S/C9H11NO3S/c1-5-9(13)7(4-14)6(3-10-5)2-8(11)12/h3,13-14H,2,4H2,1H3,(H,11,12). The molecular weight excluding hydrogens is 202 g/mol. The fourth-order valence-electron chi connectivity index (χ4n) is 1.18. The number of aliphatic carboxylic acids is 1. The first-order valence-electron chi connectivity index (χ1n) is 4.05. The number of pyridine rings is 1. The fraction of sp³-hybridized carbons (Fsp3) is 0.333. The Kier molecular flexibility index (Phi) is 3.35. The second kappa shape index (κ2) is 4.32. The quantitative estimate of drug-likeness (QED) is 0.659. The van der Waals surface area contributed by atoms with Gasteiger partial charge in [-0.2, -0.15) is 12.6 Å². The Labute approximate surface area is 87.0 Å². The van der Waals surface area contributed by atoms with Gasteiger partial charge in [0.2, 0.25) is 0 Å². The number of aryl methyl sites for hydroxylation is 1. The normalized spacial score (nSPS) is 10.1. The molecular formula is C9H11NO3S. The zero-order chi connectivity index (χ0) is 10.7. The molecule has 0 aliphatic carbocycles. The molecule has 1 aromatic heterocycles. The van der Waals surface area contributed by atoms with Crippen molar-refractivity contribution in [1.29, 1.82) is 0 Å². The molecule has 0 saturated carbocycles. The van der Waals surface area contributed by atoms with Crippen molar-refractivity contribution in [3.63, 3.8) is 0 Å². The third-order valence-corrected chi connectivity index (χ3v) is 2.25. The molecule has 1 heterocycles. The van der Waals surface area contributed by atoms with Crippen molar-refractivity contribution in [2.24, 2.45) is 0 Å². The van der Waals surface area contributed by atoms with E-state index in [0.29, 0.717) is 22.6 Å². The van der Waals surface area contributed by atoms with Crippen molar-refractivity contribution >= 4 is 18.6 Å². The lowest BCUT2D eigenvalue weighted by Crippen LogP contribution is -2.04. The van der Waals surface area contributed by atoms with Gasteiger partial charge in [-0.1, -0.05) is 0 Å². The van der Waals surface area contributed by atoms with Gasteiger partial charge in [-0.15, -0.1) is 0 Å². The molecule has 4 nitrogen and oxygen atoms in total. The molecule has 0 saturated heterocycles. The number of rotatable bonds is 3. The van der Waals surface area contributed by atoms with Gasteiger partial charge in [-0.25, -0.2) is 0 Å². The SMILES string of the molecule is Cc1ncc(CC(=O)O)c(CS)c1O. The number of thiol groups is 1. The summed E-state index contributed by atoms with van der Waals surface area (Å²) in [6, 6.07) is 0. The van der Waals surface area contributed by atoms with Crippen LogP contribution in [0.15, 0.2) is 6.20 Å². The minimum atomic E-state index is -0.946. The van der Waals surface area contributed by atoms with Crippen molar-refractivity contribution < 1.29 is 15.0 Å². The average Bonchev–Trinajstić information content (AvgIpc) is 2.11. The van der Waals surface area contributed by atoms with Crippen molar-refractivity contribution in [3.05, 3.63) is 23.0 Å². The highest BCUT2D eigenvalue weighted by molar-refractivity contribution is 7.79. The highest BCUT2D eigenvalue weighted by Gasteiger charge is 2.12. The van der Waals surface area contributed by atoms with Crippen LogP contribution in [-0.4, -0.2) is 21.2 Å². The van der Waals surface area contributed by atoms with Crippen molar-refractivity contribution in [2.45, 2.75) is 19.1 Å². The van der Waals surface area contributed by atoms with E-state index in [1.807, 2.05) is 0 Å². The van der Waals surface area contributed by atoms with Crippen LogP contribution in [0.3, 0.4) is 0 Å². The summed E-state index contributed by atoms with van der Waals surface area (Å²) in [6.07, 6.45) is 1.32. The van der Waals surface area contributed by atoms with Gasteiger partial charge in [0.15, 0.2) is 0 Å². The minimum absolute atomic E-state index is 0.0405. The Morgan fingerprint density at radius 1 is 1.64 bits per heavy atom. The molecule has 2 N–H and O–H groups in total. The van der Waals surface area contributed by atoms with Crippen molar-refractivity contribution in [1.82, 2.24) is 4.98 Å². The van der Waals surface area contributed by atoms with Gasteiger partial charge in [0.05, 0.1) is 12.1 Å². The maximum atomic E-state index is 10.5. The van der Waals surface area contributed by atoms with E-state index in [9.17, 15) is 9.90 Å². The smallest absolute Gasteiger partial charge is 0.307 e. The molecule has 5 heteroatoms. The zero-order valence-corrected chi connectivity index (χ0v) is 8.58. The van der Waals surface area contributed by atoms with E-state index in [1.54, 1.807) is 6.92 Å². The summed E-state index contributed by atoms with van der Waals surface area (Å²) >= 11 is 4.04. The van der Waals surface area contributed by atoms with E-state index in [2.05, 4.69) is 17.6 Å². The predicted molar refractivity (Wildman–Crippen MR) is 54.7 cm³/mol. The highest BCUT2D eigenvalue weighted by Crippen LogP contribution is 2.25. The molecule has 1 aromatic rings. The summed E-state index contributed by atoms with van der Waals surface area (Å²) in [5.41, 5.74) is 1.54. The summed E-state index contributed by atoms with van der Waals surface area (Å²) in [4.78, 5) is 14.4. The van der Waals surface area contributed by atoms with Gasteiger partial charge in [0, 0.05) is 17.5 Å². The Morgan fingerprint density at radius 3 is 2.79 bits per heavy atom. The van der Waals surface area contributed by atoms with Crippen LogP contribution in [0.5, 0.6) is 5.75 Å². The third kappa shape index (κ3) is 2.17. The van der Waals surface area contributed by atoms with E-state index < -0.39 is 5.97 Å². The van der Waals surface area contributed by atoms with Crippen LogP contribution in [-0.2, 0) is 17.0 Å². The molecule has 0 atom stereocenters. The van der Waals surface area contributed by atoms with Crippen molar-refractivity contribution in [3.8, 4) is 5.75 Å². The zero-order valence-electron chi connectivity index (χ0n) is 7.69. The maximum Gasteiger partial charge on any atom is 0.307 e. The lowest BCUT2D eigenvalue weighted by atomic mass is 10.1. The van der Waals surface area contributed by atoms with Crippen LogP contribution in [0.1, 0.15) is 16.8 Å². The molecule has 0 unspecified atom stereocenters. The Balaban J connectivity index is 3.17. The first-order chi connectivity index (χ1) is 6.56. The van der Waals surface area contributed by atoms with E-state index >= 15 is 0 Å². The molecule has 0 spiro atoms. The molecule has 0 fully saturated rings. The van der Waals surface area contributed by atoms with Crippen LogP contribution in [0, 0.1) is 6.92 Å². The number of carboxylic acids is 1. The van der Waals surface area contributed by atoms with E-state index in [0.717, 1.165) is 0 Å². The summed E-state index contributed by atoms with van der Waals surface area (Å²) in [7, 11) is 0. The van der Waals surface area contributed by atoms with E-state index in [1.165, 1.54) is 6.20 Å². The molecule has 0 aromatic carbocycles. The summed E-state index contributed by atoms with van der Waals surface area (Å²) < 4.78 is 0. The Bertz CT molecular complexity index is 365. The topological polar surface area (TPSA) is 70.4 Å². The number of nitrogens with zero attached hydrogens (tertiary/aromatic N) is 1. The summed E-state index contributed by atoms with van der Waals surface area (Å²) in [5.74, 6) is -0.602. The molecule has 76 valence electrons. The first kappa shape index (κ1) is 10.8. The number of aromatic nitrogens is 1. The predicted octanol–water partition coefficient (Wildman–Crippen LogP) is 1.15. The lowest BCUT2D eigenvalue weighted by Gasteiger charge is -2.08. The second-order valence-corrected chi connectivity index (χ2v) is 3.24. The minimum Gasteiger partial charge on any atom is -0.506 e. The largest absolute Gasteiger partial charge is 0.506 e. The molecule has 0 aliphatic rings. The van der Waals surface area contributed by atoms with Crippen LogP contribution >= 0.6 is 12.6 Å². The van der Waals surface area contributed by atoms with Crippen LogP contribution in [0.4, 0.5) is 0 Å². The number of carboxylic acid groups (broad SMARTS) is 1. The van der Waals surface area contributed by atoms with Gasteiger partial charge in [0.1, 0.15) is 5.75 Å². The van der Waals surface area contributed by atoms with Crippen LogP contribution in [0.2, 0.25) is 0 Å². The number of carbonyl (C=O) groups is 1. The average molecular weight is 213 g/mol. The molecule has 0 bridgehead atoms. The molecule has 0 radical (unpaired) electrons. The van der Waals surface area contributed by atoms with Crippen LogP contribution in [0.25, 0.3) is 0 Å². The molecule has 0 aliphatic heterocycles. The van der Waals surface area contributed by atoms with E-state index in [4.69, 9.17) is 5.11 Å². The number of aromatic hydroxyl groups is 1. The molecule has 14 heavy (non-hydrogen) atoms. The first-order valence-corrected chi connectivity index (χ1v) is 4.68. The van der Waals surface area contributed by atoms with Gasteiger partial charge >= 0.3 is 5.97 Å². The number of hydrogen-bond donors (Lipinski definition) is 3. The van der Waals surface area contributed by atoms with Gasteiger partial charge in [0.25, 0.3) is 0 Å².